The van der Waals surface area contributed by atoms with E-state index in [1.807, 2.05) is 0 Å². The fourth-order valence-corrected chi connectivity index (χ4v) is 5.31. The quantitative estimate of drug-likeness (QED) is 0.724. The zero-order valence-corrected chi connectivity index (χ0v) is 13.4. The molecule has 5 nitrogen and oxygen atoms in total. The number of rotatable bonds is 4. The van der Waals surface area contributed by atoms with Crippen molar-refractivity contribution in [3.63, 3.8) is 0 Å². The molecule has 0 bridgehead atoms. The third-order valence-corrected chi connectivity index (χ3v) is 6.98. The summed E-state index contributed by atoms with van der Waals surface area (Å²) in [5, 5.41) is 0. The normalized spacial score (nSPS) is 12.2. The van der Waals surface area contributed by atoms with Crippen LogP contribution in [0.25, 0.3) is 0 Å². The van der Waals surface area contributed by atoms with E-state index in [-0.39, 0.29) is 19.6 Å². The van der Waals surface area contributed by atoms with E-state index in [1.165, 1.54) is 24.3 Å². The van der Waals surface area contributed by atoms with Gasteiger partial charge in [-0.2, -0.15) is 0 Å². The summed E-state index contributed by atoms with van der Waals surface area (Å²) in [6, 6.07) is 15.2. The molecule has 3 rings (SSSR count). The zero-order valence-electron chi connectivity index (χ0n) is 11.8. The minimum absolute atomic E-state index is 0.00547. The minimum atomic E-state index is -3.99. The highest BCUT2D eigenvalue weighted by atomic mass is 32.2. The lowest BCUT2D eigenvalue weighted by atomic mass is 10.4. The van der Waals surface area contributed by atoms with E-state index >= 15 is 0 Å². The third kappa shape index (κ3) is 2.69. The lowest BCUT2D eigenvalue weighted by Crippen LogP contribution is -2.08. The van der Waals surface area contributed by atoms with E-state index in [4.69, 9.17) is 4.42 Å². The van der Waals surface area contributed by atoms with Gasteiger partial charge in [-0.05, 0) is 24.3 Å². The maximum Gasteiger partial charge on any atom is 0.211 e. The van der Waals surface area contributed by atoms with E-state index in [1.54, 1.807) is 36.4 Å². The molecule has 0 atom stereocenters. The molecule has 3 aromatic rings. The molecule has 0 radical (unpaired) electrons. The fourth-order valence-electron chi connectivity index (χ4n) is 2.12. The summed E-state index contributed by atoms with van der Waals surface area (Å²) in [6.07, 6.45) is 1.89. The summed E-state index contributed by atoms with van der Waals surface area (Å²) >= 11 is 0. The second kappa shape index (κ2) is 5.68. The molecule has 0 aliphatic rings. The third-order valence-electron chi connectivity index (χ3n) is 3.28. The Labute approximate surface area is 134 Å². The van der Waals surface area contributed by atoms with Gasteiger partial charge >= 0.3 is 0 Å². The van der Waals surface area contributed by atoms with Gasteiger partial charge in [-0.25, -0.2) is 16.8 Å². The molecule has 2 aromatic carbocycles. The van der Waals surface area contributed by atoms with Gasteiger partial charge in [-0.1, -0.05) is 36.4 Å². The van der Waals surface area contributed by atoms with Crippen LogP contribution < -0.4 is 0 Å². The first-order valence-electron chi connectivity index (χ1n) is 6.60. The number of furan rings is 1. The highest BCUT2D eigenvalue weighted by molar-refractivity contribution is 7.94. The largest absolute Gasteiger partial charge is 0.470 e. The van der Waals surface area contributed by atoms with Gasteiger partial charge in [0.2, 0.25) is 19.7 Å². The van der Waals surface area contributed by atoms with Crippen LogP contribution in [0, 0.1) is 0 Å². The SMILES string of the molecule is O=S(=O)(c1ccccc1)c1cocc1S(=O)(=O)c1ccccc1. The first-order valence-corrected chi connectivity index (χ1v) is 9.57. The van der Waals surface area contributed by atoms with Gasteiger partial charge in [-0.15, -0.1) is 0 Å². The smallest absolute Gasteiger partial charge is 0.211 e. The summed E-state index contributed by atoms with van der Waals surface area (Å²) in [5.74, 6) is 0. The van der Waals surface area contributed by atoms with Crippen LogP contribution in [0.15, 0.2) is 97.2 Å². The molecule has 118 valence electrons. The molecule has 0 saturated heterocycles. The predicted octanol–water partition coefficient (Wildman–Crippen LogP) is 2.95. The molecule has 0 amide bonds. The molecule has 1 aromatic heterocycles. The fraction of sp³-hybridized carbons (Fsp3) is 0. The molecule has 23 heavy (non-hydrogen) atoms. The Bertz CT molecular complexity index is 934. The van der Waals surface area contributed by atoms with Crippen LogP contribution in [0.1, 0.15) is 0 Å². The van der Waals surface area contributed by atoms with Crippen LogP contribution in [0.2, 0.25) is 0 Å². The van der Waals surface area contributed by atoms with Crippen LogP contribution in [-0.2, 0) is 19.7 Å². The van der Waals surface area contributed by atoms with Crippen LogP contribution in [0.5, 0.6) is 0 Å². The summed E-state index contributed by atoms with van der Waals surface area (Å²) < 4.78 is 55.6. The van der Waals surface area contributed by atoms with Crippen molar-refractivity contribution in [3.05, 3.63) is 73.2 Å². The standard InChI is InChI=1S/C16H12O5S2/c17-22(18,13-7-3-1-4-8-13)15-11-21-12-16(15)23(19,20)14-9-5-2-6-10-14/h1-12H. The topological polar surface area (TPSA) is 81.4 Å². The predicted molar refractivity (Wildman–Crippen MR) is 82.5 cm³/mol. The van der Waals surface area contributed by atoms with E-state index in [0.29, 0.717) is 0 Å². The maximum atomic E-state index is 12.7. The Morgan fingerprint density at radius 2 is 0.913 bits per heavy atom. The van der Waals surface area contributed by atoms with Crippen molar-refractivity contribution in [3.8, 4) is 0 Å². The second-order valence-electron chi connectivity index (χ2n) is 4.73. The molecule has 0 saturated carbocycles. The van der Waals surface area contributed by atoms with Crippen molar-refractivity contribution >= 4 is 19.7 Å². The van der Waals surface area contributed by atoms with Crippen LogP contribution in [0.4, 0.5) is 0 Å². The molecule has 0 N–H and O–H groups in total. The molecule has 0 aliphatic carbocycles. The zero-order chi connectivity index (χ0) is 16.5. The summed E-state index contributed by atoms with van der Waals surface area (Å²) in [4.78, 5) is -0.725. The highest BCUT2D eigenvalue weighted by Gasteiger charge is 2.31. The molecule has 0 unspecified atom stereocenters. The Hall–Kier alpha value is -2.38. The van der Waals surface area contributed by atoms with Crippen molar-refractivity contribution in [1.82, 2.24) is 0 Å². The van der Waals surface area contributed by atoms with Crippen LogP contribution >= 0.6 is 0 Å². The minimum Gasteiger partial charge on any atom is -0.470 e. The molecular weight excluding hydrogens is 336 g/mol. The van der Waals surface area contributed by atoms with Crippen LogP contribution in [0.3, 0.4) is 0 Å². The van der Waals surface area contributed by atoms with Crippen molar-refractivity contribution in [2.45, 2.75) is 19.6 Å². The Kier molecular flexibility index (Phi) is 3.83. The van der Waals surface area contributed by atoms with Crippen molar-refractivity contribution in [2.75, 3.05) is 0 Å². The van der Waals surface area contributed by atoms with Gasteiger partial charge in [0.1, 0.15) is 22.3 Å². The summed E-state index contributed by atoms with van der Waals surface area (Å²) in [6.45, 7) is 0. The van der Waals surface area contributed by atoms with E-state index < -0.39 is 19.7 Å². The lowest BCUT2D eigenvalue weighted by molar-refractivity contribution is 0.552. The molecule has 0 fully saturated rings. The average molecular weight is 348 g/mol. The number of hydrogen-bond donors (Lipinski definition) is 0. The lowest BCUT2D eigenvalue weighted by Gasteiger charge is -2.06. The van der Waals surface area contributed by atoms with E-state index in [0.717, 1.165) is 12.5 Å². The average Bonchev–Trinajstić information content (AvgIpc) is 3.08. The maximum absolute atomic E-state index is 12.7. The van der Waals surface area contributed by atoms with Gasteiger partial charge in [0, 0.05) is 0 Å². The molecule has 7 heteroatoms. The molecule has 1 heterocycles. The number of benzene rings is 2. The van der Waals surface area contributed by atoms with Gasteiger partial charge in [0.05, 0.1) is 9.79 Å². The summed E-state index contributed by atoms with van der Waals surface area (Å²) in [5.41, 5.74) is 0. The van der Waals surface area contributed by atoms with Gasteiger partial charge in [0.25, 0.3) is 0 Å². The van der Waals surface area contributed by atoms with E-state index in [9.17, 15) is 16.8 Å². The second-order valence-corrected chi connectivity index (χ2v) is 8.57. The van der Waals surface area contributed by atoms with E-state index in [2.05, 4.69) is 0 Å². The Morgan fingerprint density at radius 1 is 0.565 bits per heavy atom. The monoisotopic (exact) mass is 348 g/mol. The number of hydrogen-bond acceptors (Lipinski definition) is 5. The highest BCUT2D eigenvalue weighted by Crippen LogP contribution is 2.31. The number of sulfone groups is 2. The summed E-state index contributed by atoms with van der Waals surface area (Å²) in [7, 11) is -7.98. The first kappa shape index (κ1) is 15.5. The van der Waals surface area contributed by atoms with Crippen LogP contribution in [-0.4, -0.2) is 16.8 Å². The molecule has 0 spiro atoms. The van der Waals surface area contributed by atoms with Gasteiger partial charge < -0.3 is 4.42 Å². The Balaban J connectivity index is 2.19. The molecule has 0 aliphatic heterocycles. The van der Waals surface area contributed by atoms with Crippen molar-refractivity contribution < 1.29 is 21.3 Å². The van der Waals surface area contributed by atoms with Crippen molar-refractivity contribution in [2.24, 2.45) is 0 Å². The van der Waals surface area contributed by atoms with Gasteiger partial charge in [-0.3, -0.25) is 0 Å². The first-order chi connectivity index (χ1) is 10.9. The van der Waals surface area contributed by atoms with Crippen molar-refractivity contribution in [1.29, 1.82) is 0 Å². The Morgan fingerprint density at radius 3 is 1.26 bits per heavy atom. The van der Waals surface area contributed by atoms with Gasteiger partial charge in [0.15, 0.2) is 0 Å². The molecular formula is C16H12O5S2.